The number of hydrogen-bond acceptors (Lipinski definition) is 5. The molecule has 7 nitrogen and oxygen atoms in total. The van der Waals surface area contributed by atoms with E-state index in [9.17, 15) is 9.59 Å². The molecule has 2 aliphatic heterocycles. The van der Waals surface area contributed by atoms with Gasteiger partial charge in [-0.3, -0.25) is 14.6 Å². The zero-order valence-corrected chi connectivity index (χ0v) is 17.3. The monoisotopic (exact) mass is 408 g/mol. The lowest BCUT2D eigenvalue weighted by Crippen LogP contribution is -2.52. The van der Waals surface area contributed by atoms with Crippen LogP contribution in [0.5, 0.6) is 0 Å². The Labute approximate surface area is 177 Å². The minimum Gasteiger partial charge on any atom is -0.375 e. The van der Waals surface area contributed by atoms with Crippen LogP contribution in [0.2, 0.25) is 0 Å². The summed E-state index contributed by atoms with van der Waals surface area (Å²) in [5.41, 5.74) is 3.15. The van der Waals surface area contributed by atoms with Gasteiger partial charge in [-0.05, 0) is 48.6 Å². The first-order valence-electron chi connectivity index (χ1n) is 10.5. The van der Waals surface area contributed by atoms with E-state index in [-0.39, 0.29) is 24.3 Å². The number of carbonyl (C=O) groups excluding carboxylic acids is 2. The molecule has 2 aromatic rings. The lowest BCUT2D eigenvalue weighted by atomic mass is 9.89. The van der Waals surface area contributed by atoms with Gasteiger partial charge in [0.15, 0.2) is 0 Å². The Morgan fingerprint density at radius 2 is 1.87 bits per heavy atom. The van der Waals surface area contributed by atoms with Crippen LogP contribution < -0.4 is 10.2 Å². The first-order chi connectivity index (χ1) is 14.6. The summed E-state index contributed by atoms with van der Waals surface area (Å²) in [6.45, 7) is 3.12. The normalized spacial score (nSPS) is 17.5. The van der Waals surface area contributed by atoms with Crippen molar-refractivity contribution in [3.63, 3.8) is 0 Å². The van der Waals surface area contributed by atoms with Crippen molar-refractivity contribution >= 4 is 23.2 Å². The first-order valence-corrected chi connectivity index (χ1v) is 10.5. The Kier molecular flexibility index (Phi) is 6.28. The summed E-state index contributed by atoms with van der Waals surface area (Å²) in [6.07, 6.45) is 5.48. The lowest BCUT2D eigenvalue weighted by Gasteiger charge is -2.39. The van der Waals surface area contributed by atoms with Crippen LogP contribution in [0.4, 0.5) is 11.4 Å². The Morgan fingerprint density at radius 1 is 1.13 bits per heavy atom. The highest BCUT2D eigenvalue weighted by atomic mass is 16.5. The molecule has 2 aliphatic rings. The molecule has 4 rings (SSSR count). The number of anilines is 2. The fourth-order valence-electron chi connectivity index (χ4n) is 4.16. The topological polar surface area (TPSA) is 74.8 Å². The maximum absolute atomic E-state index is 12.5. The molecule has 0 saturated carbocycles. The number of carbonyl (C=O) groups is 2. The van der Waals surface area contributed by atoms with E-state index in [4.69, 9.17) is 4.74 Å². The number of nitrogens with zero attached hydrogens (tertiary/aromatic N) is 3. The van der Waals surface area contributed by atoms with Crippen molar-refractivity contribution in [2.24, 2.45) is 5.92 Å². The zero-order chi connectivity index (χ0) is 20.9. The second-order valence-corrected chi connectivity index (χ2v) is 8.01. The van der Waals surface area contributed by atoms with Gasteiger partial charge in [0.2, 0.25) is 11.8 Å². The Bertz CT molecular complexity index is 858. The van der Waals surface area contributed by atoms with Crippen LogP contribution in [0.1, 0.15) is 24.3 Å². The Balaban J connectivity index is 1.24. The molecule has 158 valence electrons. The number of piperidine rings is 1. The van der Waals surface area contributed by atoms with Crippen molar-refractivity contribution < 1.29 is 14.3 Å². The lowest BCUT2D eigenvalue weighted by molar-refractivity contribution is -0.136. The van der Waals surface area contributed by atoms with E-state index in [0.717, 1.165) is 50.4 Å². The van der Waals surface area contributed by atoms with Crippen molar-refractivity contribution in [1.29, 1.82) is 0 Å². The molecular weight excluding hydrogens is 380 g/mol. The van der Waals surface area contributed by atoms with Gasteiger partial charge in [0, 0.05) is 45.2 Å². The third kappa shape index (κ3) is 4.62. The van der Waals surface area contributed by atoms with Crippen LogP contribution in [0.15, 0.2) is 48.8 Å². The predicted octanol–water partition coefficient (Wildman–Crippen LogP) is 2.51. The van der Waals surface area contributed by atoms with Gasteiger partial charge in [-0.1, -0.05) is 12.1 Å². The van der Waals surface area contributed by atoms with Crippen LogP contribution in [-0.2, 0) is 14.3 Å². The van der Waals surface area contributed by atoms with Crippen molar-refractivity contribution in [2.75, 3.05) is 50.1 Å². The van der Waals surface area contributed by atoms with E-state index in [0.29, 0.717) is 5.92 Å². The van der Waals surface area contributed by atoms with Gasteiger partial charge in [-0.2, -0.15) is 0 Å². The Morgan fingerprint density at radius 3 is 2.50 bits per heavy atom. The molecule has 0 spiro atoms. The third-order valence-electron chi connectivity index (χ3n) is 6.03. The number of rotatable bonds is 6. The molecule has 2 amide bonds. The number of hydrogen-bond donors (Lipinski definition) is 1. The molecule has 0 atom stereocenters. The molecule has 30 heavy (non-hydrogen) atoms. The number of methoxy groups -OCH3 is 1. The standard InChI is InChI=1S/C23H28N4O3/c1-30-16-22(28)26-11-8-18(9-12-26)17-4-6-20(7-5-17)25-23(29)19-14-27(15-19)21-3-2-10-24-13-21/h2-7,10,13,18-19H,8-9,11-12,14-16H2,1H3,(H,25,29). The van der Waals surface area contributed by atoms with Gasteiger partial charge in [-0.15, -0.1) is 0 Å². The highest BCUT2D eigenvalue weighted by Gasteiger charge is 2.33. The zero-order valence-electron chi connectivity index (χ0n) is 17.3. The van der Waals surface area contributed by atoms with E-state index < -0.39 is 0 Å². The number of likely N-dealkylation sites (tertiary alicyclic amines) is 1. The van der Waals surface area contributed by atoms with E-state index in [2.05, 4.69) is 27.3 Å². The number of benzene rings is 1. The number of pyridine rings is 1. The van der Waals surface area contributed by atoms with Crippen LogP contribution in [0.25, 0.3) is 0 Å². The summed E-state index contributed by atoms with van der Waals surface area (Å²) in [4.78, 5) is 32.6. The molecule has 3 heterocycles. The molecule has 0 unspecified atom stereocenters. The van der Waals surface area contributed by atoms with Gasteiger partial charge >= 0.3 is 0 Å². The summed E-state index contributed by atoms with van der Waals surface area (Å²) in [6, 6.07) is 12.1. The SMILES string of the molecule is COCC(=O)N1CCC(c2ccc(NC(=O)C3CN(c4cccnc4)C3)cc2)CC1. The van der Waals surface area contributed by atoms with E-state index in [1.54, 1.807) is 13.3 Å². The van der Waals surface area contributed by atoms with Crippen LogP contribution in [0.3, 0.4) is 0 Å². The molecule has 0 aliphatic carbocycles. The highest BCUT2D eigenvalue weighted by Crippen LogP contribution is 2.29. The molecule has 0 bridgehead atoms. The van der Waals surface area contributed by atoms with E-state index in [1.807, 2.05) is 35.4 Å². The van der Waals surface area contributed by atoms with Crippen molar-refractivity contribution in [2.45, 2.75) is 18.8 Å². The summed E-state index contributed by atoms with van der Waals surface area (Å²) in [5.74, 6) is 0.569. The third-order valence-corrected chi connectivity index (χ3v) is 6.03. The molecule has 7 heteroatoms. The fourth-order valence-corrected chi connectivity index (χ4v) is 4.16. The summed E-state index contributed by atoms with van der Waals surface area (Å²) >= 11 is 0. The summed E-state index contributed by atoms with van der Waals surface area (Å²) in [7, 11) is 1.55. The van der Waals surface area contributed by atoms with Crippen LogP contribution in [0, 0.1) is 5.92 Å². The fraction of sp³-hybridized carbons (Fsp3) is 0.435. The smallest absolute Gasteiger partial charge is 0.248 e. The average Bonchev–Trinajstić information content (AvgIpc) is 2.74. The summed E-state index contributed by atoms with van der Waals surface area (Å²) in [5, 5.41) is 3.03. The number of nitrogens with one attached hydrogen (secondary N) is 1. The van der Waals surface area contributed by atoms with Crippen LogP contribution >= 0.6 is 0 Å². The molecule has 1 aromatic heterocycles. The van der Waals surface area contributed by atoms with E-state index >= 15 is 0 Å². The van der Waals surface area contributed by atoms with Crippen molar-refractivity contribution in [1.82, 2.24) is 9.88 Å². The number of amides is 2. The largest absolute Gasteiger partial charge is 0.375 e. The predicted molar refractivity (Wildman–Crippen MR) is 115 cm³/mol. The molecule has 2 fully saturated rings. The second-order valence-electron chi connectivity index (χ2n) is 8.01. The van der Waals surface area contributed by atoms with Gasteiger partial charge in [0.1, 0.15) is 6.61 Å². The Hall–Kier alpha value is -2.93. The number of ether oxygens (including phenoxy) is 1. The average molecular weight is 409 g/mol. The minimum atomic E-state index is -0.00107. The molecule has 1 N–H and O–H groups in total. The first kappa shape index (κ1) is 20.3. The van der Waals surface area contributed by atoms with E-state index in [1.165, 1.54) is 5.56 Å². The number of aromatic nitrogens is 1. The van der Waals surface area contributed by atoms with Gasteiger partial charge in [0.25, 0.3) is 0 Å². The van der Waals surface area contributed by atoms with Gasteiger partial charge < -0.3 is 19.9 Å². The van der Waals surface area contributed by atoms with Gasteiger partial charge in [-0.25, -0.2) is 0 Å². The molecule has 1 aromatic carbocycles. The molecular formula is C23H28N4O3. The summed E-state index contributed by atoms with van der Waals surface area (Å²) < 4.78 is 4.94. The second kappa shape index (κ2) is 9.26. The highest BCUT2D eigenvalue weighted by molar-refractivity contribution is 5.94. The quantitative estimate of drug-likeness (QED) is 0.795. The van der Waals surface area contributed by atoms with Crippen molar-refractivity contribution in [3.05, 3.63) is 54.4 Å². The van der Waals surface area contributed by atoms with Gasteiger partial charge in [0.05, 0.1) is 17.8 Å². The molecule has 2 saturated heterocycles. The van der Waals surface area contributed by atoms with Crippen LogP contribution in [-0.4, -0.2) is 61.6 Å². The maximum atomic E-state index is 12.5. The van der Waals surface area contributed by atoms with Crippen molar-refractivity contribution in [3.8, 4) is 0 Å². The molecule has 0 radical (unpaired) electrons. The minimum absolute atomic E-state index is 0.00107. The maximum Gasteiger partial charge on any atom is 0.248 e.